The lowest BCUT2D eigenvalue weighted by atomic mass is 10.1. The summed E-state index contributed by atoms with van der Waals surface area (Å²) >= 11 is 5.91. The normalized spacial score (nSPS) is 20.4. The molecule has 2 aromatic rings. The van der Waals surface area contributed by atoms with Crippen molar-refractivity contribution in [1.82, 2.24) is 19.4 Å². The summed E-state index contributed by atoms with van der Waals surface area (Å²) in [5.74, 6) is 0.726. The summed E-state index contributed by atoms with van der Waals surface area (Å²) in [7, 11) is 2.15. The van der Waals surface area contributed by atoms with Crippen molar-refractivity contribution in [1.29, 1.82) is 0 Å². The first-order valence-corrected chi connectivity index (χ1v) is 10.6. The Hall–Kier alpha value is -1.50. The van der Waals surface area contributed by atoms with E-state index in [0.717, 1.165) is 44.8 Å². The highest BCUT2D eigenvalue weighted by Gasteiger charge is 2.28. The number of hydrogen-bond acceptors (Lipinski definition) is 4. The Balaban J connectivity index is 2.14. The monoisotopic (exact) mass is 408 g/mol. The minimum absolute atomic E-state index is 0.0368. The molecule has 1 saturated heterocycles. The van der Waals surface area contributed by atoms with E-state index in [1.165, 1.54) is 12.1 Å². The van der Waals surface area contributed by atoms with E-state index in [1.807, 2.05) is 6.92 Å². The molecule has 0 bridgehead atoms. The van der Waals surface area contributed by atoms with Crippen molar-refractivity contribution in [2.75, 3.05) is 33.2 Å². The molecule has 2 heterocycles. The predicted octanol–water partition coefficient (Wildman–Crippen LogP) is 3.93. The third kappa shape index (κ3) is 4.24. The van der Waals surface area contributed by atoms with Gasteiger partial charge in [-0.2, -0.15) is 0 Å². The second kappa shape index (κ2) is 8.89. The quantitative estimate of drug-likeness (QED) is 0.751. The predicted molar refractivity (Wildman–Crippen MR) is 113 cm³/mol. The third-order valence-electron chi connectivity index (χ3n) is 5.58. The maximum absolute atomic E-state index is 14.0. The second-order valence-electron chi connectivity index (χ2n) is 7.97. The first-order chi connectivity index (χ1) is 13.3. The molecule has 0 saturated carbocycles. The molecule has 1 aliphatic rings. The average molecular weight is 409 g/mol. The summed E-state index contributed by atoms with van der Waals surface area (Å²) in [5.41, 5.74) is 0.234. The summed E-state index contributed by atoms with van der Waals surface area (Å²) in [4.78, 5) is 22.7. The highest BCUT2D eigenvalue weighted by Crippen LogP contribution is 2.28. The number of benzene rings is 1. The van der Waals surface area contributed by atoms with Crippen molar-refractivity contribution in [3.63, 3.8) is 0 Å². The van der Waals surface area contributed by atoms with Crippen LogP contribution in [-0.4, -0.2) is 52.6 Å². The van der Waals surface area contributed by atoms with Gasteiger partial charge in [0.15, 0.2) is 0 Å². The van der Waals surface area contributed by atoms with Gasteiger partial charge in [0.2, 0.25) is 0 Å². The van der Waals surface area contributed by atoms with Crippen LogP contribution in [0.4, 0.5) is 4.39 Å². The number of aromatic nitrogens is 2. The molecule has 0 amide bonds. The second-order valence-corrected chi connectivity index (χ2v) is 8.38. The molecule has 7 heteroatoms. The lowest BCUT2D eigenvalue weighted by molar-refractivity contribution is 0.167. The van der Waals surface area contributed by atoms with Gasteiger partial charge in [0.1, 0.15) is 11.6 Å². The zero-order valence-electron chi connectivity index (χ0n) is 17.2. The lowest BCUT2D eigenvalue weighted by Crippen LogP contribution is -2.38. The van der Waals surface area contributed by atoms with Crippen LogP contribution in [0.5, 0.6) is 0 Å². The fraction of sp³-hybridized carbons (Fsp3) is 0.619. The number of halogens is 2. The standard InChI is InChI=1S/C21H30ClFN4O/c1-5-7-19(26-9-8-25(4)12-14(3)13-26)20-24-18-11-17(23)16(22)10-15(18)21(28)27(20)6-2/h10-11,14,19H,5-9,12-13H2,1-4H3/t14-,19?/m1/s1. The molecule has 0 aliphatic carbocycles. The van der Waals surface area contributed by atoms with E-state index in [-0.39, 0.29) is 16.6 Å². The summed E-state index contributed by atoms with van der Waals surface area (Å²) < 4.78 is 15.8. The van der Waals surface area contributed by atoms with Gasteiger partial charge < -0.3 is 4.90 Å². The fourth-order valence-corrected chi connectivity index (χ4v) is 4.46. The largest absolute Gasteiger partial charge is 0.305 e. The van der Waals surface area contributed by atoms with E-state index in [0.29, 0.717) is 23.4 Å². The van der Waals surface area contributed by atoms with Crippen LogP contribution in [0.2, 0.25) is 5.02 Å². The molecule has 1 unspecified atom stereocenters. The molecule has 0 N–H and O–H groups in total. The first kappa shape index (κ1) is 21.2. The van der Waals surface area contributed by atoms with Gasteiger partial charge in [-0.15, -0.1) is 0 Å². The van der Waals surface area contributed by atoms with Crippen LogP contribution in [-0.2, 0) is 6.54 Å². The summed E-state index contributed by atoms with van der Waals surface area (Å²) in [6.45, 7) is 10.8. The number of nitrogens with zero attached hydrogens (tertiary/aromatic N) is 4. The SMILES string of the molecule is CCCC(c1nc2cc(F)c(Cl)cc2c(=O)n1CC)N1CCN(C)C[C@@H](C)C1. The molecule has 3 rings (SSSR count). The van der Waals surface area contributed by atoms with Crippen molar-refractivity contribution < 1.29 is 4.39 Å². The van der Waals surface area contributed by atoms with Crippen molar-refractivity contribution >= 4 is 22.5 Å². The summed E-state index contributed by atoms with van der Waals surface area (Å²) in [5, 5.41) is 0.326. The zero-order valence-corrected chi connectivity index (χ0v) is 18.0. The van der Waals surface area contributed by atoms with Gasteiger partial charge in [-0.25, -0.2) is 9.37 Å². The number of rotatable bonds is 5. The van der Waals surface area contributed by atoms with E-state index < -0.39 is 5.82 Å². The van der Waals surface area contributed by atoms with Crippen LogP contribution in [0.25, 0.3) is 10.9 Å². The molecule has 1 aliphatic heterocycles. The molecular weight excluding hydrogens is 379 g/mol. The highest BCUT2D eigenvalue weighted by atomic mass is 35.5. The molecule has 0 radical (unpaired) electrons. The molecular formula is C21H30ClFN4O. The topological polar surface area (TPSA) is 41.4 Å². The van der Waals surface area contributed by atoms with Gasteiger partial charge in [-0.05, 0) is 32.4 Å². The van der Waals surface area contributed by atoms with Crippen LogP contribution < -0.4 is 5.56 Å². The van der Waals surface area contributed by atoms with Crippen LogP contribution in [0.15, 0.2) is 16.9 Å². The molecule has 1 aromatic heterocycles. The summed E-state index contributed by atoms with van der Waals surface area (Å²) in [6.07, 6.45) is 1.89. The smallest absolute Gasteiger partial charge is 0.261 e. The molecule has 154 valence electrons. The van der Waals surface area contributed by atoms with Gasteiger partial charge in [-0.1, -0.05) is 31.9 Å². The average Bonchev–Trinajstić information content (AvgIpc) is 2.81. The fourth-order valence-electron chi connectivity index (χ4n) is 4.30. The third-order valence-corrected chi connectivity index (χ3v) is 5.87. The van der Waals surface area contributed by atoms with Crippen molar-refractivity contribution in [3.8, 4) is 0 Å². The van der Waals surface area contributed by atoms with Gasteiger partial charge >= 0.3 is 0 Å². The molecule has 1 aromatic carbocycles. The van der Waals surface area contributed by atoms with Gasteiger partial charge in [0.05, 0.1) is 22.0 Å². The van der Waals surface area contributed by atoms with Crippen molar-refractivity contribution in [2.45, 2.75) is 46.2 Å². The summed E-state index contributed by atoms with van der Waals surface area (Å²) in [6, 6.07) is 2.72. The Morgan fingerprint density at radius 2 is 2.04 bits per heavy atom. The maximum atomic E-state index is 14.0. The molecule has 1 fully saturated rings. The van der Waals surface area contributed by atoms with E-state index >= 15 is 0 Å². The Labute approximate surface area is 171 Å². The number of likely N-dealkylation sites (N-methyl/N-ethyl adjacent to an activating group) is 1. The molecule has 2 atom stereocenters. The Bertz CT molecular complexity index is 900. The lowest BCUT2D eigenvalue weighted by Gasteiger charge is -2.32. The van der Waals surface area contributed by atoms with E-state index in [1.54, 1.807) is 4.57 Å². The Morgan fingerprint density at radius 1 is 1.29 bits per heavy atom. The van der Waals surface area contributed by atoms with Crippen LogP contribution in [0.1, 0.15) is 45.5 Å². The van der Waals surface area contributed by atoms with Crippen LogP contribution in [0.3, 0.4) is 0 Å². The Kier molecular flexibility index (Phi) is 6.73. The van der Waals surface area contributed by atoms with Gasteiger partial charge in [0.25, 0.3) is 5.56 Å². The number of hydrogen-bond donors (Lipinski definition) is 0. The molecule has 28 heavy (non-hydrogen) atoms. The maximum Gasteiger partial charge on any atom is 0.261 e. The van der Waals surface area contributed by atoms with Crippen LogP contribution >= 0.6 is 11.6 Å². The van der Waals surface area contributed by atoms with Crippen molar-refractivity contribution in [3.05, 3.63) is 39.2 Å². The van der Waals surface area contributed by atoms with Gasteiger partial charge in [0, 0.05) is 38.8 Å². The van der Waals surface area contributed by atoms with E-state index in [9.17, 15) is 9.18 Å². The molecule has 0 spiro atoms. The van der Waals surface area contributed by atoms with E-state index in [2.05, 4.69) is 30.7 Å². The minimum Gasteiger partial charge on any atom is -0.305 e. The van der Waals surface area contributed by atoms with Crippen LogP contribution in [0, 0.1) is 11.7 Å². The van der Waals surface area contributed by atoms with Gasteiger partial charge in [-0.3, -0.25) is 14.3 Å². The highest BCUT2D eigenvalue weighted by molar-refractivity contribution is 6.31. The van der Waals surface area contributed by atoms with Crippen molar-refractivity contribution in [2.24, 2.45) is 5.92 Å². The molecule has 5 nitrogen and oxygen atoms in total. The number of fused-ring (bicyclic) bond motifs is 1. The zero-order chi connectivity index (χ0) is 20.4. The first-order valence-electron chi connectivity index (χ1n) is 10.2. The Morgan fingerprint density at radius 3 is 2.71 bits per heavy atom. The van der Waals surface area contributed by atoms with E-state index in [4.69, 9.17) is 16.6 Å². The minimum atomic E-state index is -0.543.